The number of primary sulfonamides is 1. The Morgan fingerprint density at radius 2 is 1.95 bits per heavy atom. The first kappa shape index (κ1) is 15.6. The van der Waals surface area contributed by atoms with Gasteiger partial charge in [0.15, 0.2) is 0 Å². The van der Waals surface area contributed by atoms with Crippen LogP contribution < -0.4 is 15.2 Å². The summed E-state index contributed by atoms with van der Waals surface area (Å²) in [4.78, 5) is 6.27. The predicted octanol–water partition coefficient (Wildman–Crippen LogP) is 0.000700. The number of nitrogens with one attached hydrogen (secondary N) is 1. The zero-order valence-corrected chi connectivity index (χ0v) is 10.5. The zero-order chi connectivity index (χ0) is 14.7. The molecule has 0 aliphatic carbocycles. The number of hydrogen-bond donors (Lipinski definition) is 2. The lowest BCUT2D eigenvalue weighted by molar-refractivity contribution is -0.205. The zero-order valence-electron chi connectivity index (χ0n) is 9.68. The number of halogens is 3. The molecule has 0 bridgehead atoms. The van der Waals surface area contributed by atoms with Crippen molar-refractivity contribution in [2.45, 2.75) is 24.2 Å². The minimum Gasteiger partial charge on any atom is -0.434 e. The molecule has 1 rings (SSSR count). The molecule has 0 amide bonds. The van der Waals surface area contributed by atoms with Gasteiger partial charge in [0, 0.05) is 0 Å². The van der Waals surface area contributed by atoms with Gasteiger partial charge in [-0.2, -0.15) is 13.2 Å². The van der Waals surface area contributed by atoms with Crippen LogP contribution in [0.25, 0.3) is 0 Å². The molecule has 3 N–H and O–H groups in total. The SMILES string of the molecule is CCNC(Oc1ncc(S(N)(=O)=O)cn1)C(F)(F)F. The molecular formula is C8H11F3N4O3S. The second-order valence-electron chi connectivity index (χ2n) is 3.34. The minimum absolute atomic E-state index is 0.0133. The average Bonchev–Trinajstić information content (AvgIpc) is 2.26. The molecule has 1 aromatic rings. The molecule has 0 aromatic carbocycles. The van der Waals surface area contributed by atoms with Crippen molar-refractivity contribution in [2.75, 3.05) is 6.54 Å². The van der Waals surface area contributed by atoms with Crippen LogP contribution in [0.15, 0.2) is 17.3 Å². The molecule has 11 heteroatoms. The van der Waals surface area contributed by atoms with Gasteiger partial charge in [-0.15, -0.1) is 0 Å². The Hall–Kier alpha value is -1.46. The van der Waals surface area contributed by atoms with E-state index in [0.717, 1.165) is 12.4 Å². The fourth-order valence-electron chi connectivity index (χ4n) is 1.03. The largest absolute Gasteiger partial charge is 0.439 e. The molecule has 0 aliphatic rings. The van der Waals surface area contributed by atoms with Crippen LogP contribution in [-0.2, 0) is 10.0 Å². The smallest absolute Gasteiger partial charge is 0.434 e. The Bertz CT molecular complexity index is 517. The maximum absolute atomic E-state index is 12.5. The third-order valence-corrected chi connectivity index (χ3v) is 2.71. The third kappa shape index (κ3) is 4.61. The van der Waals surface area contributed by atoms with E-state index in [9.17, 15) is 21.6 Å². The van der Waals surface area contributed by atoms with E-state index in [4.69, 9.17) is 5.14 Å². The van der Waals surface area contributed by atoms with Gasteiger partial charge < -0.3 is 4.74 Å². The summed E-state index contributed by atoms with van der Waals surface area (Å²) in [5.41, 5.74) is 0. The molecule has 0 radical (unpaired) electrons. The van der Waals surface area contributed by atoms with Gasteiger partial charge in [-0.3, -0.25) is 5.32 Å². The highest BCUT2D eigenvalue weighted by molar-refractivity contribution is 7.89. The van der Waals surface area contributed by atoms with Crippen LogP contribution in [-0.4, -0.2) is 37.3 Å². The summed E-state index contributed by atoms with van der Waals surface area (Å²) in [5, 5.41) is 6.83. The highest BCUT2D eigenvalue weighted by Gasteiger charge is 2.42. The third-order valence-electron chi connectivity index (χ3n) is 1.84. The van der Waals surface area contributed by atoms with Gasteiger partial charge in [-0.1, -0.05) is 6.92 Å². The summed E-state index contributed by atoms with van der Waals surface area (Å²) in [6, 6.07) is -0.615. The van der Waals surface area contributed by atoms with Gasteiger partial charge in [0.1, 0.15) is 4.90 Å². The van der Waals surface area contributed by atoms with Gasteiger partial charge in [0.2, 0.25) is 16.3 Å². The Labute approximate surface area is 107 Å². The Morgan fingerprint density at radius 1 is 1.42 bits per heavy atom. The van der Waals surface area contributed by atoms with Gasteiger partial charge in [0.25, 0.3) is 0 Å². The number of nitrogens with two attached hydrogens (primary N) is 1. The van der Waals surface area contributed by atoms with E-state index >= 15 is 0 Å². The minimum atomic E-state index is -4.65. The topological polar surface area (TPSA) is 107 Å². The van der Waals surface area contributed by atoms with Crippen molar-refractivity contribution < 1.29 is 26.3 Å². The Balaban J connectivity index is 2.87. The first-order valence-electron chi connectivity index (χ1n) is 4.96. The Kier molecular flexibility index (Phi) is 4.66. The second-order valence-corrected chi connectivity index (χ2v) is 4.90. The number of sulfonamides is 1. The molecule has 0 spiro atoms. The summed E-state index contributed by atoms with van der Waals surface area (Å²) in [7, 11) is -4.01. The van der Waals surface area contributed by atoms with Crippen molar-refractivity contribution in [1.82, 2.24) is 15.3 Å². The number of nitrogens with zero attached hydrogens (tertiary/aromatic N) is 2. The van der Waals surface area contributed by atoms with Crippen LogP contribution in [0.4, 0.5) is 13.2 Å². The molecule has 0 fully saturated rings. The van der Waals surface area contributed by atoms with Crippen molar-refractivity contribution >= 4 is 10.0 Å². The molecule has 1 atom stereocenters. The highest BCUT2D eigenvalue weighted by atomic mass is 32.2. The van der Waals surface area contributed by atoms with Crippen molar-refractivity contribution in [3.63, 3.8) is 0 Å². The summed E-state index contributed by atoms with van der Waals surface area (Å²) in [6.07, 6.45) is -5.41. The molecule has 1 heterocycles. The fourth-order valence-corrected chi connectivity index (χ4v) is 1.43. The predicted molar refractivity (Wildman–Crippen MR) is 57.6 cm³/mol. The lowest BCUT2D eigenvalue weighted by Gasteiger charge is -2.20. The molecule has 108 valence electrons. The van der Waals surface area contributed by atoms with Crippen LogP contribution in [0.5, 0.6) is 6.01 Å². The van der Waals surface area contributed by atoms with E-state index in [-0.39, 0.29) is 6.54 Å². The van der Waals surface area contributed by atoms with E-state index in [1.165, 1.54) is 6.92 Å². The van der Waals surface area contributed by atoms with Crippen LogP contribution in [0, 0.1) is 0 Å². The van der Waals surface area contributed by atoms with Crippen LogP contribution in [0.3, 0.4) is 0 Å². The van der Waals surface area contributed by atoms with Gasteiger partial charge in [-0.05, 0) is 6.54 Å². The van der Waals surface area contributed by atoms with Crippen molar-refractivity contribution in [3.8, 4) is 6.01 Å². The highest BCUT2D eigenvalue weighted by Crippen LogP contribution is 2.22. The summed E-state index contributed by atoms with van der Waals surface area (Å²) in [6.45, 7) is 1.48. The van der Waals surface area contributed by atoms with Gasteiger partial charge in [-0.25, -0.2) is 23.5 Å². The van der Waals surface area contributed by atoms with Gasteiger partial charge >= 0.3 is 12.2 Å². The van der Waals surface area contributed by atoms with Crippen molar-refractivity contribution in [1.29, 1.82) is 0 Å². The number of aromatic nitrogens is 2. The van der Waals surface area contributed by atoms with Crippen LogP contribution in [0.2, 0.25) is 0 Å². The van der Waals surface area contributed by atoms with E-state index in [2.05, 4.69) is 14.7 Å². The number of rotatable bonds is 5. The van der Waals surface area contributed by atoms with Crippen LogP contribution in [0.1, 0.15) is 6.92 Å². The van der Waals surface area contributed by atoms with E-state index in [0.29, 0.717) is 0 Å². The van der Waals surface area contributed by atoms with Crippen molar-refractivity contribution in [3.05, 3.63) is 12.4 Å². The number of ether oxygens (including phenoxy) is 1. The van der Waals surface area contributed by atoms with Crippen molar-refractivity contribution in [2.24, 2.45) is 5.14 Å². The standard InChI is InChI=1S/C8H11F3N4O3S/c1-2-13-6(8(9,10)11)18-7-14-3-5(4-15-7)19(12,16)17/h3-4,6,13H,2H2,1H3,(H2,12,16,17). The second kappa shape index (κ2) is 5.67. The molecule has 1 unspecified atom stereocenters. The van der Waals surface area contributed by atoms with Gasteiger partial charge in [0.05, 0.1) is 12.4 Å². The number of hydrogen-bond acceptors (Lipinski definition) is 6. The van der Waals surface area contributed by atoms with E-state index in [1.807, 2.05) is 5.32 Å². The molecule has 0 saturated heterocycles. The first-order valence-corrected chi connectivity index (χ1v) is 6.51. The summed E-state index contributed by atoms with van der Waals surface area (Å²) < 4.78 is 63.8. The summed E-state index contributed by atoms with van der Waals surface area (Å²) >= 11 is 0. The lowest BCUT2D eigenvalue weighted by Crippen LogP contribution is -2.46. The molecule has 1 aromatic heterocycles. The summed E-state index contributed by atoms with van der Waals surface area (Å²) in [5.74, 6) is 0. The molecule has 19 heavy (non-hydrogen) atoms. The normalized spacial score (nSPS) is 14.2. The Morgan fingerprint density at radius 3 is 2.32 bits per heavy atom. The van der Waals surface area contributed by atoms with Crippen LogP contribution >= 0.6 is 0 Å². The first-order chi connectivity index (χ1) is 8.64. The maximum Gasteiger partial charge on any atom is 0.439 e. The lowest BCUT2D eigenvalue weighted by atomic mass is 10.5. The quantitative estimate of drug-likeness (QED) is 0.741. The molecule has 0 saturated carbocycles. The average molecular weight is 300 g/mol. The molecular weight excluding hydrogens is 289 g/mol. The van der Waals surface area contributed by atoms with E-state index in [1.54, 1.807) is 0 Å². The monoisotopic (exact) mass is 300 g/mol. The fraction of sp³-hybridized carbons (Fsp3) is 0.500. The van der Waals surface area contributed by atoms with E-state index < -0.39 is 33.3 Å². The molecule has 0 aliphatic heterocycles. The maximum atomic E-state index is 12.5. The number of alkyl halides is 3. The molecule has 7 nitrogen and oxygen atoms in total.